The van der Waals surface area contributed by atoms with E-state index in [1.807, 2.05) is 6.07 Å². The van der Waals surface area contributed by atoms with Crippen LogP contribution in [-0.4, -0.2) is 17.9 Å². The van der Waals surface area contributed by atoms with Crippen molar-refractivity contribution in [3.05, 3.63) is 93.8 Å². The smallest absolute Gasteiger partial charge is 0.311 e. The largest absolute Gasteiger partial charge is 0.490 e. The van der Waals surface area contributed by atoms with E-state index in [0.717, 1.165) is 5.56 Å². The van der Waals surface area contributed by atoms with Gasteiger partial charge in [0.05, 0.1) is 12.0 Å². The quantitative estimate of drug-likeness (QED) is 0.450. The second-order valence-corrected chi connectivity index (χ2v) is 6.16. The van der Waals surface area contributed by atoms with E-state index in [9.17, 15) is 19.3 Å². The third-order valence-corrected chi connectivity index (χ3v) is 4.16. The van der Waals surface area contributed by atoms with Crippen LogP contribution in [0.25, 0.3) is 0 Å². The lowest BCUT2D eigenvalue weighted by atomic mass is 10.1. The average Bonchev–Trinajstić information content (AvgIpc) is 2.72. The molecule has 2 N–H and O–H groups in total. The number of rotatable bonds is 7. The Hall–Kier alpha value is -3.94. The highest BCUT2D eigenvalue weighted by Gasteiger charge is 2.14. The zero-order valence-corrected chi connectivity index (χ0v) is 15.5. The maximum Gasteiger partial charge on any atom is 0.311 e. The van der Waals surface area contributed by atoms with E-state index in [2.05, 4.69) is 10.6 Å². The number of nitrogens with zero attached hydrogens (tertiary/aromatic N) is 1. The van der Waals surface area contributed by atoms with Crippen molar-refractivity contribution in [3.63, 3.8) is 0 Å². The topological polar surface area (TPSA) is 93.5 Å². The first-order valence-corrected chi connectivity index (χ1v) is 8.68. The van der Waals surface area contributed by atoms with Gasteiger partial charge in [-0.05, 0) is 48.0 Å². The molecule has 3 aromatic carbocycles. The lowest BCUT2D eigenvalue weighted by Crippen LogP contribution is -2.12. The number of benzene rings is 3. The second-order valence-electron chi connectivity index (χ2n) is 6.16. The SMILES string of the molecule is COc1cc(NCc2cccc(NC(=O)c3ccc(F)cc3)c2)ccc1[N+](=O)[O-]. The number of ether oxygens (including phenoxy) is 1. The van der Waals surface area contributed by atoms with Crippen molar-refractivity contribution in [3.8, 4) is 5.75 Å². The van der Waals surface area contributed by atoms with Gasteiger partial charge in [-0.2, -0.15) is 0 Å². The van der Waals surface area contributed by atoms with Crippen molar-refractivity contribution >= 4 is 23.0 Å². The Balaban J connectivity index is 1.66. The summed E-state index contributed by atoms with van der Waals surface area (Å²) in [6.45, 7) is 0.432. The van der Waals surface area contributed by atoms with Gasteiger partial charge in [-0.3, -0.25) is 14.9 Å². The van der Waals surface area contributed by atoms with Gasteiger partial charge in [0.1, 0.15) is 5.82 Å². The molecule has 3 aromatic rings. The summed E-state index contributed by atoms with van der Waals surface area (Å²) in [6.07, 6.45) is 0. The molecule has 148 valence electrons. The number of carbonyl (C=O) groups excluding carboxylic acids is 1. The third kappa shape index (κ3) is 5.07. The van der Waals surface area contributed by atoms with Crippen LogP contribution in [0.2, 0.25) is 0 Å². The minimum atomic E-state index is -0.504. The zero-order valence-electron chi connectivity index (χ0n) is 15.5. The standard InChI is InChI=1S/C21H18FN3O4/c1-29-20-12-17(9-10-19(20)25(27)28)23-13-14-3-2-4-18(11-14)24-21(26)15-5-7-16(22)8-6-15/h2-12,23H,13H2,1H3,(H,24,26). The summed E-state index contributed by atoms with van der Waals surface area (Å²) in [5, 5.41) is 16.9. The van der Waals surface area contributed by atoms with Crippen molar-refractivity contribution in [2.75, 3.05) is 17.7 Å². The van der Waals surface area contributed by atoms with Gasteiger partial charge in [0.2, 0.25) is 0 Å². The Morgan fingerprint density at radius 1 is 1.07 bits per heavy atom. The predicted octanol–water partition coefficient (Wildman–Crippen LogP) is 4.61. The summed E-state index contributed by atoms with van der Waals surface area (Å²) in [5.74, 6) is -0.576. The summed E-state index contributed by atoms with van der Waals surface area (Å²) in [6, 6.07) is 17.0. The molecule has 0 atom stereocenters. The Labute approximate surface area is 166 Å². The molecule has 1 amide bonds. The van der Waals surface area contributed by atoms with Crippen LogP contribution in [0, 0.1) is 15.9 Å². The molecule has 0 saturated carbocycles. The molecule has 0 heterocycles. The highest BCUT2D eigenvalue weighted by molar-refractivity contribution is 6.04. The van der Waals surface area contributed by atoms with E-state index in [-0.39, 0.29) is 17.3 Å². The summed E-state index contributed by atoms with van der Waals surface area (Å²) < 4.78 is 18.0. The van der Waals surface area contributed by atoms with Crippen LogP contribution in [0.3, 0.4) is 0 Å². The maximum absolute atomic E-state index is 13.0. The number of nitro groups is 1. The molecular weight excluding hydrogens is 377 g/mol. The fourth-order valence-corrected chi connectivity index (χ4v) is 2.71. The van der Waals surface area contributed by atoms with Crippen LogP contribution in [0.5, 0.6) is 5.75 Å². The highest BCUT2D eigenvalue weighted by atomic mass is 19.1. The first-order valence-electron chi connectivity index (χ1n) is 8.68. The first kappa shape index (κ1) is 19.8. The minimum Gasteiger partial charge on any atom is -0.490 e. The molecule has 0 radical (unpaired) electrons. The monoisotopic (exact) mass is 395 g/mol. The van der Waals surface area contributed by atoms with Gasteiger partial charge in [0.15, 0.2) is 5.75 Å². The molecule has 7 nitrogen and oxygen atoms in total. The van der Waals surface area contributed by atoms with Crippen molar-refractivity contribution in [1.29, 1.82) is 0 Å². The molecule has 0 saturated heterocycles. The van der Waals surface area contributed by atoms with Gasteiger partial charge >= 0.3 is 5.69 Å². The number of amides is 1. The van der Waals surface area contributed by atoms with E-state index in [1.165, 1.54) is 37.4 Å². The third-order valence-electron chi connectivity index (χ3n) is 4.16. The van der Waals surface area contributed by atoms with Crippen LogP contribution >= 0.6 is 0 Å². The highest BCUT2D eigenvalue weighted by Crippen LogP contribution is 2.29. The van der Waals surface area contributed by atoms with E-state index >= 15 is 0 Å². The summed E-state index contributed by atoms with van der Waals surface area (Å²) >= 11 is 0. The van der Waals surface area contributed by atoms with Gasteiger partial charge < -0.3 is 15.4 Å². The first-order chi connectivity index (χ1) is 14.0. The van der Waals surface area contributed by atoms with E-state index in [0.29, 0.717) is 23.5 Å². The van der Waals surface area contributed by atoms with E-state index < -0.39 is 10.7 Å². The van der Waals surface area contributed by atoms with Crippen molar-refractivity contribution in [2.24, 2.45) is 0 Å². The van der Waals surface area contributed by atoms with Gasteiger partial charge in [-0.1, -0.05) is 12.1 Å². The average molecular weight is 395 g/mol. The summed E-state index contributed by atoms with van der Waals surface area (Å²) in [5.41, 5.74) is 2.39. The number of hydrogen-bond acceptors (Lipinski definition) is 5. The molecular formula is C21H18FN3O4. The fourth-order valence-electron chi connectivity index (χ4n) is 2.71. The van der Waals surface area contributed by atoms with Gasteiger partial charge in [-0.25, -0.2) is 4.39 Å². The van der Waals surface area contributed by atoms with E-state index in [1.54, 1.807) is 30.3 Å². The van der Waals surface area contributed by atoms with Gasteiger partial charge in [-0.15, -0.1) is 0 Å². The fraction of sp³-hybridized carbons (Fsp3) is 0.0952. The number of anilines is 2. The molecule has 0 bridgehead atoms. The minimum absolute atomic E-state index is 0.108. The Morgan fingerprint density at radius 2 is 1.83 bits per heavy atom. The Morgan fingerprint density at radius 3 is 2.52 bits per heavy atom. The van der Waals surface area contributed by atoms with Gasteiger partial charge in [0, 0.05) is 35.6 Å². The number of hydrogen-bond donors (Lipinski definition) is 2. The van der Waals surface area contributed by atoms with Gasteiger partial charge in [0.25, 0.3) is 5.91 Å². The molecule has 0 aromatic heterocycles. The molecule has 0 fully saturated rings. The van der Waals surface area contributed by atoms with Crippen LogP contribution < -0.4 is 15.4 Å². The van der Waals surface area contributed by atoms with E-state index in [4.69, 9.17) is 4.74 Å². The predicted molar refractivity (Wildman–Crippen MR) is 108 cm³/mol. The van der Waals surface area contributed by atoms with Crippen LogP contribution in [0.1, 0.15) is 15.9 Å². The van der Waals surface area contributed by atoms with Crippen molar-refractivity contribution in [2.45, 2.75) is 6.54 Å². The molecule has 29 heavy (non-hydrogen) atoms. The van der Waals surface area contributed by atoms with Crippen LogP contribution in [0.4, 0.5) is 21.5 Å². The Kier molecular flexibility index (Phi) is 6.03. The summed E-state index contributed by atoms with van der Waals surface area (Å²) in [7, 11) is 1.37. The zero-order chi connectivity index (χ0) is 20.8. The lowest BCUT2D eigenvalue weighted by Gasteiger charge is -2.10. The number of methoxy groups -OCH3 is 1. The molecule has 3 rings (SSSR count). The maximum atomic E-state index is 13.0. The second kappa shape index (κ2) is 8.83. The Bertz CT molecular complexity index is 1040. The molecule has 0 spiro atoms. The molecule has 0 unspecified atom stereocenters. The number of halogens is 1. The molecule has 0 aliphatic rings. The molecule has 8 heteroatoms. The molecule has 0 aliphatic heterocycles. The lowest BCUT2D eigenvalue weighted by molar-refractivity contribution is -0.385. The van der Waals surface area contributed by atoms with Crippen LogP contribution in [-0.2, 0) is 6.54 Å². The van der Waals surface area contributed by atoms with Crippen LogP contribution in [0.15, 0.2) is 66.7 Å². The number of carbonyl (C=O) groups is 1. The molecule has 0 aliphatic carbocycles. The number of nitrogens with one attached hydrogen (secondary N) is 2. The van der Waals surface area contributed by atoms with Crippen molar-refractivity contribution < 1.29 is 18.8 Å². The normalized spacial score (nSPS) is 10.3. The van der Waals surface area contributed by atoms with Crippen molar-refractivity contribution in [1.82, 2.24) is 0 Å². The summed E-state index contributed by atoms with van der Waals surface area (Å²) in [4.78, 5) is 22.7. The number of nitro benzene ring substituents is 1.